The number of carbonyl (C=O) groups excluding carboxylic acids is 6. The summed E-state index contributed by atoms with van der Waals surface area (Å²) in [4.78, 5) is 75.7. The number of imide groups is 1. The highest BCUT2D eigenvalue weighted by molar-refractivity contribution is 7.87. The Morgan fingerprint density at radius 1 is 0.912 bits per heavy atom. The second-order valence-electron chi connectivity index (χ2n) is 8.26. The Balaban J connectivity index is 1.65. The van der Waals surface area contributed by atoms with E-state index in [1.54, 1.807) is 0 Å². The SMILES string of the molecule is O=C(CCC(=O)C1CCCCCCC1)NCC(=O)NCC(=O)ON1C(=O)CC(S(=O)(=O)O)C1=O. The van der Waals surface area contributed by atoms with E-state index in [4.69, 9.17) is 4.55 Å². The van der Waals surface area contributed by atoms with Crippen LogP contribution < -0.4 is 10.6 Å². The minimum Gasteiger partial charge on any atom is -0.347 e. The Labute approximate surface area is 196 Å². The number of nitrogens with one attached hydrogen (secondary N) is 2. The van der Waals surface area contributed by atoms with E-state index >= 15 is 0 Å². The zero-order valence-corrected chi connectivity index (χ0v) is 19.4. The summed E-state index contributed by atoms with van der Waals surface area (Å²) in [6, 6.07) is 0. The van der Waals surface area contributed by atoms with E-state index in [1.807, 2.05) is 0 Å². The smallest absolute Gasteiger partial charge is 0.347 e. The van der Waals surface area contributed by atoms with Crippen molar-refractivity contribution in [3.8, 4) is 0 Å². The molecule has 4 amide bonds. The third kappa shape index (κ3) is 8.48. The van der Waals surface area contributed by atoms with Gasteiger partial charge in [0.25, 0.3) is 21.9 Å². The van der Waals surface area contributed by atoms with Gasteiger partial charge in [0.1, 0.15) is 12.3 Å². The second-order valence-corrected chi connectivity index (χ2v) is 9.86. The minimum atomic E-state index is -4.85. The Hall–Kier alpha value is -2.87. The Morgan fingerprint density at radius 3 is 2.09 bits per heavy atom. The largest absolute Gasteiger partial charge is 0.352 e. The molecular weight excluding hydrogens is 474 g/mol. The van der Waals surface area contributed by atoms with Crippen molar-refractivity contribution in [2.75, 3.05) is 13.1 Å². The monoisotopic (exact) mass is 503 g/mol. The van der Waals surface area contributed by atoms with Crippen LogP contribution in [0, 0.1) is 5.92 Å². The van der Waals surface area contributed by atoms with Crippen LogP contribution in [0.3, 0.4) is 0 Å². The van der Waals surface area contributed by atoms with Gasteiger partial charge in [-0.25, -0.2) is 4.79 Å². The highest BCUT2D eigenvalue weighted by Crippen LogP contribution is 2.24. The van der Waals surface area contributed by atoms with E-state index in [0.717, 1.165) is 38.5 Å². The topological polar surface area (TPSA) is 193 Å². The van der Waals surface area contributed by atoms with E-state index < -0.39 is 64.5 Å². The maximum Gasteiger partial charge on any atom is 0.352 e. The molecule has 190 valence electrons. The van der Waals surface area contributed by atoms with Crippen molar-refractivity contribution in [3.05, 3.63) is 0 Å². The lowest BCUT2D eigenvalue weighted by Crippen LogP contribution is -2.42. The lowest BCUT2D eigenvalue weighted by atomic mass is 9.86. The first kappa shape index (κ1) is 27.4. The maximum absolute atomic E-state index is 12.3. The van der Waals surface area contributed by atoms with Crippen LogP contribution in [0.15, 0.2) is 0 Å². The van der Waals surface area contributed by atoms with Crippen LogP contribution in [-0.4, -0.2) is 71.8 Å². The standard InChI is InChI=1S/C20H29N3O10S/c24-14(13-6-4-2-1-3-5-7-13)8-9-16(25)21-11-17(26)22-12-19(28)33-23-18(27)10-15(20(23)29)34(30,31)32/h13,15H,1-12H2,(H,21,25)(H,22,26)(H,30,31,32). The first-order valence-corrected chi connectivity index (χ1v) is 12.6. The van der Waals surface area contributed by atoms with Gasteiger partial charge in [-0.2, -0.15) is 8.42 Å². The van der Waals surface area contributed by atoms with Gasteiger partial charge >= 0.3 is 5.97 Å². The van der Waals surface area contributed by atoms with Crippen LogP contribution in [0.25, 0.3) is 0 Å². The number of ketones is 1. The molecule has 3 N–H and O–H groups in total. The van der Waals surface area contributed by atoms with Crippen LogP contribution >= 0.6 is 0 Å². The molecule has 14 heteroatoms. The van der Waals surface area contributed by atoms with Gasteiger partial charge in [-0.15, -0.1) is 5.06 Å². The quantitative estimate of drug-likeness (QED) is 0.256. The third-order valence-corrected chi connectivity index (χ3v) is 6.74. The Bertz CT molecular complexity index is 925. The van der Waals surface area contributed by atoms with Gasteiger partial charge in [-0.1, -0.05) is 32.1 Å². The molecule has 1 aliphatic heterocycles. The van der Waals surface area contributed by atoms with Crippen molar-refractivity contribution in [2.45, 2.75) is 69.5 Å². The molecule has 0 aromatic rings. The van der Waals surface area contributed by atoms with Crippen LogP contribution in [-0.2, 0) is 43.7 Å². The van der Waals surface area contributed by atoms with Crippen LogP contribution in [0.2, 0.25) is 0 Å². The molecule has 2 aliphatic rings. The molecule has 0 aromatic carbocycles. The molecule has 13 nitrogen and oxygen atoms in total. The van der Waals surface area contributed by atoms with Crippen LogP contribution in [0.5, 0.6) is 0 Å². The zero-order chi connectivity index (χ0) is 25.3. The summed E-state index contributed by atoms with van der Waals surface area (Å²) in [6.07, 6.45) is 6.25. The summed E-state index contributed by atoms with van der Waals surface area (Å²) in [7, 11) is -4.85. The molecule has 1 unspecified atom stereocenters. The van der Waals surface area contributed by atoms with Gasteiger partial charge in [-0.3, -0.25) is 28.5 Å². The van der Waals surface area contributed by atoms with Gasteiger partial charge in [-0.05, 0) is 12.8 Å². The fraction of sp³-hybridized carbons (Fsp3) is 0.700. The summed E-state index contributed by atoms with van der Waals surface area (Å²) in [5.41, 5.74) is 0. The molecule has 2 fully saturated rings. The number of amides is 4. The average molecular weight is 504 g/mol. The summed E-state index contributed by atoms with van der Waals surface area (Å²) in [5.74, 6) is -5.06. The fourth-order valence-corrected chi connectivity index (χ4v) is 4.47. The first-order chi connectivity index (χ1) is 16.0. The van der Waals surface area contributed by atoms with E-state index in [-0.39, 0.29) is 29.6 Å². The van der Waals surface area contributed by atoms with E-state index in [9.17, 15) is 37.2 Å². The fourth-order valence-electron chi connectivity index (χ4n) is 3.76. The molecule has 1 aliphatic carbocycles. The molecule has 1 heterocycles. The van der Waals surface area contributed by atoms with Gasteiger partial charge in [0.05, 0.1) is 13.0 Å². The van der Waals surface area contributed by atoms with Crippen molar-refractivity contribution >= 4 is 45.5 Å². The molecule has 0 spiro atoms. The van der Waals surface area contributed by atoms with Crippen LogP contribution in [0.1, 0.15) is 64.2 Å². The van der Waals surface area contributed by atoms with Crippen molar-refractivity contribution in [3.63, 3.8) is 0 Å². The molecule has 0 bridgehead atoms. The normalized spacial score (nSPS) is 19.8. The molecule has 1 atom stereocenters. The highest BCUT2D eigenvalue weighted by atomic mass is 32.2. The van der Waals surface area contributed by atoms with Crippen molar-refractivity contribution < 1.29 is 46.6 Å². The van der Waals surface area contributed by atoms with Gasteiger partial charge in [0.15, 0.2) is 5.25 Å². The van der Waals surface area contributed by atoms with Crippen molar-refractivity contribution in [2.24, 2.45) is 5.92 Å². The number of hydroxylamine groups is 2. The Kier molecular flexibility index (Phi) is 10.1. The number of carbonyl (C=O) groups is 6. The highest BCUT2D eigenvalue weighted by Gasteiger charge is 2.48. The molecule has 2 rings (SSSR count). The summed E-state index contributed by atoms with van der Waals surface area (Å²) >= 11 is 0. The number of rotatable bonds is 10. The minimum absolute atomic E-state index is 0.0236. The maximum atomic E-state index is 12.3. The second kappa shape index (κ2) is 12.6. The molecular formula is C20H29N3O10S. The number of hydrogen-bond acceptors (Lipinski definition) is 9. The summed E-state index contributed by atoms with van der Waals surface area (Å²) in [6.45, 7) is -1.25. The Morgan fingerprint density at radius 2 is 1.50 bits per heavy atom. The molecule has 0 aromatic heterocycles. The molecule has 1 saturated heterocycles. The summed E-state index contributed by atoms with van der Waals surface area (Å²) in [5, 5.41) is 2.29. The number of nitrogens with zero attached hydrogens (tertiary/aromatic N) is 1. The van der Waals surface area contributed by atoms with E-state index in [0.29, 0.717) is 0 Å². The lowest BCUT2D eigenvalue weighted by molar-refractivity contribution is -0.196. The molecule has 1 saturated carbocycles. The van der Waals surface area contributed by atoms with Gasteiger partial charge < -0.3 is 15.5 Å². The summed E-state index contributed by atoms with van der Waals surface area (Å²) < 4.78 is 31.0. The van der Waals surface area contributed by atoms with Gasteiger partial charge in [0, 0.05) is 18.8 Å². The van der Waals surface area contributed by atoms with E-state index in [1.165, 1.54) is 6.42 Å². The third-order valence-electron chi connectivity index (χ3n) is 5.65. The number of Topliss-reactive ketones (excluding diaryl/α,β-unsaturated/α-hetero) is 1. The predicted octanol–water partition coefficient (Wildman–Crippen LogP) is -0.598. The first-order valence-electron chi connectivity index (χ1n) is 11.1. The van der Waals surface area contributed by atoms with Crippen molar-refractivity contribution in [1.82, 2.24) is 15.7 Å². The van der Waals surface area contributed by atoms with Gasteiger partial charge in [0.2, 0.25) is 11.8 Å². The van der Waals surface area contributed by atoms with Crippen molar-refractivity contribution in [1.29, 1.82) is 0 Å². The predicted molar refractivity (Wildman–Crippen MR) is 114 cm³/mol. The zero-order valence-electron chi connectivity index (χ0n) is 18.6. The average Bonchev–Trinajstić information content (AvgIpc) is 3.03. The lowest BCUT2D eigenvalue weighted by Gasteiger charge is -2.18. The molecule has 34 heavy (non-hydrogen) atoms. The van der Waals surface area contributed by atoms with E-state index in [2.05, 4.69) is 15.5 Å². The van der Waals surface area contributed by atoms with Crippen LogP contribution in [0.4, 0.5) is 0 Å². The molecule has 0 radical (unpaired) electrons. The number of hydrogen-bond donors (Lipinski definition) is 3.